The Hall–Kier alpha value is 0.270. The van der Waals surface area contributed by atoms with Gasteiger partial charge in [-0.2, -0.15) is 12.6 Å². The van der Waals surface area contributed by atoms with E-state index in [1.165, 1.54) is 6.54 Å². The van der Waals surface area contributed by atoms with Crippen LogP contribution in [0.15, 0.2) is 0 Å². The molecule has 66 valence electrons. The molecule has 1 aliphatic rings. The Bertz CT molecular complexity index is 104. The number of thiol groups is 1. The fourth-order valence-electron chi connectivity index (χ4n) is 1.28. The summed E-state index contributed by atoms with van der Waals surface area (Å²) in [5, 5.41) is 0. The fraction of sp³-hybridized carbons (Fsp3) is 1.00. The minimum absolute atomic E-state index is 0.705. The van der Waals surface area contributed by atoms with Crippen molar-refractivity contribution in [1.82, 2.24) is 4.90 Å². The molecule has 0 aromatic rings. The van der Waals surface area contributed by atoms with E-state index in [1.54, 1.807) is 0 Å². The second-order valence-corrected chi connectivity index (χ2v) is 3.57. The molecule has 0 aliphatic carbocycles. The Labute approximate surface area is 74.3 Å². The molecular weight excluding hydrogens is 158 g/mol. The van der Waals surface area contributed by atoms with Gasteiger partial charge in [-0.3, -0.25) is 4.90 Å². The molecule has 0 aromatic heterocycles. The molecule has 0 amide bonds. The van der Waals surface area contributed by atoms with Crippen LogP contribution in [0, 0.1) is 5.92 Å². The first-order chi connectivity index (χ1) is 5.33. The molecule has 0 bridgehead atoms. The van der Waals surface area contributed by atoms with Crippen molar-refractivity contribution in [2.75, 3.05) is 38.6 Å². The average molecular weight is 175 g/mol. The first-order valence-corrected chi connectivity index (χ1v) is 4.87. The number of morpholine rings is 1. The summed E-state index contributed by atoms with van der Waals surface area (Å²) in [6.45, 7) is 7.41. The Kier molecular flexibility index (Phi) is 4.26. The predicted molar refractivity (Wildman–Crippen MR) is 50.3 cm³/mol. The van der Waals surface area contributed by atoms with E-state index in [-0.39, 0.29) is 0 Å². The van der Waals surface area contributed by atoms with Gasteiger partial charge in [-0.15, -0.1) is 0 Å². The zero-order valence-corrected chi connectivity index (χ0v) is 8.02. The highest BCUT2D eigenvalue weighted by Crippen LogP contribution is 2.04. The summed E-state index contributed by atoms with van der Waals surface area (Å²) in [4.78, 5) is 2.45. The van der Waals surface area contributed by atoms with Gasteiger partial charge in [0.05, 0.1) is 13.2 Å². The van der Waals surface area contributed by atoms with Crippen LogP contribution < -0.4 is 0 Å². The predicted octanol–water partition coefficient (Wildman–Crippen LogP) is 0.885. The van der Waals surface area contributed by atoms with Crippen molar-refractivity contribution in [2.24, 2.45) is 5.92 Å². The molecule has 0 saturated carbocycles. The third kappa shape index (κ3) is 3.45. The van der Waals surface area contributed by atoms with Gasteiger partial charge in [-0.1, -0.05) is 6.92 Å². The second-order valence-electron chi connectivity index (χ2n) is 3.20. The maximum Gasteiger partial charge on any atom is 0.0594 e. The number of ether oxygens (including phenoxy) is 1. The van der Waals surface area contributed by atoms with Crippen molar-refractivity contribution in [3.8, 4) is 0 Å². The van der Waals surface area contributed by atoms with Crippen molar-refractivity contribution in [2.45, 2.75) is 6.92 Å². The van der Waals surface area contributed by atoms with Gasteiger partial charge in [-0.25, -0.2) is 0 Å². The standard InChI is InChI=1S/C8H17NOS/c1-8(7-11)6-9-2-4-10-5-3-9/h8,11H,2-7H2,1H3. The molecule has 0 spiro atoms. The van der Waals surface area contributed by atoms with E-state index in [0.717, 1.165) is 32.1 Å². The minimum Gasteiger partial charge on any atom is -0.379 e. The van der Waals surface area contributed by atoms with Crippen molar-refractivity contribution in [1.29, 1.82) is 0 Å². The van der Waals surface area contributed by atoms with E-state index in [2.05, 4.69) is 24.5 Å². The third-order valence-electron chi connectivity index (χ3n) is 1.99. The highest BCUT2D eigenvalue weighted by Gasteiger charge is 2.12. The van der Waals surface area contributed by atoms with Crippen LogP contribution in [0.3, 0.4) is 0 Å². The van der Waals surface area contributed by atoms with Crippen molar-refractivity contribution < 1.29 is 4.74 Å². The Balaban J connectivity index is 2.13. The van der Waals surface area contributed by atoms with Crippen LogP contribution in [0.2, 0.25) is 0 Å². The Morgan fingerprint density at radius 3 is 2.64 bits per heavy atom. The molecule has 1 atom stereocenters. The van der Waals surface area contributed by atoms with Gasteiger partial charge >= 0.3 is 0 Å². The number of rotatable bonds is 3. The van der Waals surface area contributed by atoms with E-state index in [9.17, 15) is 0 Å². The first kappa shape index (κ1) is 9.36. The maximum atomic E-state index is 5.25. The molecule has 1 aliphatic heterocycles. The third-order valence-corrected chi connectivity index (χ3v) is 2.61. The average Bonchev–Trinajstić information content (AvgIpc) is 2.06. The highest BCUT2D eigenvalue weighted by molar-refractivity contribution is 7.80. The Morgan fingerprint density at radius 1 is 1.45 bits per heavy atom. The largest absolute Gasteiger partial charge is 0.379 e. The van der Waals surface area contributed by atoms with Gasteiger partial charge in [0.15, 0.2) is 0 Å². The molecule has 0 N–H and O–H groups in total. The monoisotopic (exact) mass is 175 g/mol. The van der Waals surface area contributed by atoms with Gasteiger partial charge in [0.2, 0.25) is 0 Å². The van der Waals surface area contributed by atoms with Crippen LogP contribution in [0.25, 0.3) is 0 Å². The molecule has 1 unspecified atom stereocenters. The second kappa shape index (κ2) is 5.01. The summed E-state index contributed by atoms with van der Waals surface area (Å²) in [7, 11) is 0. The van der Waals surface area contributed by atoms with E-state index in [0.29, 0.717) is 5.92 Å². The van der Waals surface area contributed by atoms with Crippen molar-refractivity contribution in [3.63, 3.8) is 0 Å². The summed E-state index contributed by atoms with van der Waals surface area (Å²) in [6.07, 6.45) is 0. The molecule has 0 aromatic carbocycles. The number of nitrogens with zero attached hydrogens (tertiary/aromatic N) is 1. The SMILES string of the molecule is CC(CS)CN1CCOCC1. The summed E-state index contributed by atoms with van der Waals surface area (Å²) in [6, 6.07) is 0. The van der Waals surface area contributed by atoms with Crippen LogP contribution in [-0.2, 0) is 4.74 Å². The van der Waals surface area contributed by atoms with Crippen molar-refractivity contribution in [3.05, 3.63) is 0 Å². The molecular formula is C8H17NOS. The molecule has 11 heavy (non-hydrogen) atoms. The molecule has 0 radical (unpaired) electrons. The number of hydrogen-bond acceptors (Lipinski definition) is 3. The quantitative estimate of drug-likeness (QED) is 0.639. The van der Waals surface area contributed by atoms with Gasteiger partial charge in [0, 0.05) is 19.6 Å². The van der Waals surface area contributed by atoms with Gasteiger partial charge in [0.25, 0.3) is 0 Å². The maximum absolute atomic E-state index is 5.25. The minimum atomic E-state index is 0.705. The van der Waals surface area contributed by atoms with Crippen molar-refractivity contribution >= 4 is 12.6 Å². The molecule has 1 heterocycles. The van der Waals surface area contributed by atoms with Crippen LogP contribution >= 0.6 is 12.6 Å². The van der Waals surface area contributed by atoms with E-state index < -0.39 is 0 Å². The topological polar surface area (TPSA) is 12.5 Å². The lowest BCUT2D eigenvalue weighted by Crippen LogP contribution is -2.39. The smallest absolute Gasteiger partial charge is 0.0594 e. The van der Waals surface area contributed by atoms with E-state index >= 15 is 0 Å². The summed E-state index contributed by atoms with van der Waals surface area (Å²) in [5.74, 6) is 1.69. The molecule has 3 heteroatoms. The molecule has 2 nitrogen and oxygen atoms in total. The van der Waals surface area contributed by atoms with Gasteiger partial charge in [0.1, 0.15) is 0 Å². The Morgan fingerprint density at radius 2 is 2.09 bits per heavy atom. The number of hydrogen-bond donors (Lipinski definition) is 1. The van der Waals surface area contributed by atoms with Crippen LogP contribution in [-0.4, -0.2) is 43.5 Å². The molecule has 1 rings (SSSR count). The van der Waals surface area contributed by atoms with Crippen LogP contribution in [0.4, 0.5) is 0 Å². The van der Waals surface area contributed by atoms with Gasteiger partial charge < -0.3 is 4.74 Å². The summed E-state index contributed by atoms with van der Waals surface area (Å²) >= 11 is 4.26. The van der Waals surface area contributed by atoms with E-state index in [1.807, 2.05) is 0 Å². The molecule has 1 saturated heterocycles. The first-order valence-electron chi connectivity index (χ1n) is 4.24. The molecule has 1 fully saturated rings. The summed E-state index contributed by atoms with van der Waals surface area (Å²) in [5.41, 5.74) is 0. The fourth-order valence-corrected chi connectivity index (χ4v) is 1.40. The highest BCUT2D eigenvalue weighted by atomic mass is 32.1. The van der Waals surface area contributed by atoms with Gasteiger partial charge in [-0.05, 0) is 11.7 Å². The lowest BCUT2D eigenvalue weighted by atomic mass is 10.2. The lowest BCUT2D eigenvalue weighted by Gasteiger charge is -2.28. The zero-order valence-electron chi connectivity index (χ0n) is 7.12. The van der Waals surface area contributed by atoms with E-state index in [4.69, 9.17) is 4.74 Å². The lowest BCUT2D eigenvalue weighted by molar-refractivity contribution is 0.0331. The van der Waals surface area contributed by atoms with Crippen LogP contribution in [0.5, 0.6) is 0 Å². The summed E-state index contributed by atoms with van der Waals surface area (Å²) < 4.78 is 5.25. The zero-order chi connectivity index (χ0) is 8.10. The normalized spacial score (nSPS) is 23.5. The van der Waals surface area contributed by atoms with Crippen LogP contribution in [0.1, 0.15) is 6.92 Å².